The lowest BCUT2D eigenvalue weighted by Gasteiger charge is -2.39. The second-order valence-electron chi connectivity index (χ2n) is 6.78. The fourth-order valence-electron chi connectivity index (χ4n) is 2.38. The Morgan fingerprint density at radius 3 is 2.07 bits per heavy atom. The highest BCUT2D eigenvalue weighted by Gasteiger charge is 2.56. The highest BCUT2D eigenvalue weighted by Crippen LogP contribution is 2.54. The normalized spacial score (nSPS) is 40.4. The van der Waals surface area contributed by atoms with Gasteiger partial charge >= 0.3 is 0 Å². The van der Waals surface area contributed by atoms with Crippen LogP contribution in [-0.2, 0) is 4.43 Å². The van der Waals surface area contributed by atoms with Crippen LogP contribution < -0.4 is 0 Å². The van der Waals surface area contributed by atoms with E-state index in [-0.39, 0.29) is 11.1 Å². The van der Waals surface area contributed by atoms with Crippen molar-refractivity contribution in [3.63, 3.8) is 0 Å². The summed E-state index contributed by atoms with van der Waals surface area (Å²) in [4.78, 5) is 0. The lowest BCUT2D eigenvalue weighted by atomic mass is 10.2. The van der Waals surface area contributed by atoms with Crippen molar-refractivity contribution in [2.75, 3.05) is 0 Å². The zero-order valence-electron chi connectivity index (χ0n) is 10.6. The molecule has 4 atom stereocenters. The van der Waals surface area contributed by atoms with Crippen LogP contribution in [0.15, 0.2) is 0 Å². The highest BCUT2D eigenvalue weighted by atomic mass is 28.4. The maximum Gasteiger partial charge on any atom is 0.192 e. The lowest BCUT2D eigenvalue weighted by Crippen LogP contribution is -2.44. The molecule has 0 heterocycles. The fourth-order valence-corrected chi connectivity index (χ4v) is 3.77. The van der Waals surface area contributed by atoms with Gasteiger partial charge in [0.05, 0.1) is 12.2 Å². The molecule has 1 N–H and O–H groups in total. The zero-order valence-corrected chi connectivity index (χ0v) is 11.6. The van der Waals surface area contributed by atoms with Gasteiger partial charge in [-0.25, -0.2) is 0 Å². The summed E-state index contributed by atoms with van der Waals surface area (Å²) in [7, 11) is -1.63. The molecule has 0 aromatic carbocycles. The number of rotatable bonds is 2. The van der Waals surface area contributed by atoms with Gasteiger partial charge in [0.1, 0.15) is 0 Å². The third kappa shape index (κ3) is 2.02. The Morgan fingerprint density at radius 1 is 1.13 bits per heavy atom. The van der Waals surface area contributed by atoms with Crippen molar-refractivity contribution in [3.05, 3.63) is 0 Å². The summed E-state index contributed by atoms with van der Waals surface area (Å²) >= 11 is 0. The average molecular weight is 228 g/mol. The third-order valence-electron chi connectivity index (χ3n) is 4.59. The SMILES string of the molecule is CC(C)(C)[Si](C)(C)OC1CC(O)C2CC12. The van der Waals surface area contributed by atoms with Gasteiger partial charge in [-0.15, -0.1) is 0 Å². The second-order valence-corrected chi connectivity index (χ2v) is 11.5. The number of aliphatic hydroxyl groups is 1. The van der Waals surface area contributed by atoms with Crippen LogP contribution in [-0.4, -0.2) is 25.6 Å². The van der Waals surface area contributed by atoms with E-state index >= 15 is 0 Å². The Kier molecular flexibility index (Phi) is 2.57. The molecular weight excluding hydrogens is 204 g/mol. The van der Waals surface area contributed by atoms with Crippen molar-refractivity contribution in [2.45, 2.75) is 64.0 Å². The molecule has 2 fully saturated rings. The Balaban J connectivity index is 1.98. The van der Waals surface area contributed by atoms with Crippen molar-refractivity contribution in [1.29, 1.82) is 0 Å². The molecule has 0 aromatic rings. The quantitative estimate of drug-likeness (QED) is 0.736. The summed E-state index contributed by atoms with van der Waals surface area (Å²) < 4.78 is 6.37. The number of aliphatic hydroxyl groups excluding tert-OH is 1. The monoisotopic (exact) mass is 228 g/mol. The standard InChI is InChI=1S/C12H24O2Si/c1-12(2,3)15(4,5)14-11-7-10(13)8-6-9(8)11/h8-11,13H,6-7H2,1-5H3. The van der Waals surface area contributed by atoms with Crippen molar-refractivity contribution in [3.8, 4) is 0 Å². The predicted octanol–water partition coefficient (Wildman–Crippen LogP) is 2.78. The molecule has 0 aliphatic heterocycles. The molecule has 2 nitrogen and oxygen atoms in total. The van der Waals surface area contributed by atoms with Crippen molar-refractivity contribution in [1.82, 2.24) is 0 Å². The fraction of sp³-hybridized carbons (Fsp3) is 1.00. The topological polar surface area (TPSA) is 29.5 Å². The molecule has 0 spiro atoms. The van der Waals surface area contributed by atoms with Gasteiger partial charge in [0.15, 0.2) is 8.32 Å². The first-order chi connectivity index (χ1) is 6.72. The molecule has 2 saturated carbocycles. The summed E-state index contributed by atoms with van der Waals surface area (Å²) in [5, 5.41) is 10.0. The van der Waals surface area contributed by atoms with E-state index in [9.17, 15) is 5.11 Å². The van der Waals surface area contributed by atoms with E-state index in [4.69, 9.17) is 4.43 Å². The van der Waals surface area contributed by atoms with Crippen LogP contribution in [0.1, 0.15) is 33.6 Å². The molecule has 4 unspecified atom stereocenters. The molecular formula is C12H24O2Si. The first-order valence-corrected chi connectivity index (χ1v) is 8.99. The molecule has 15 heavy (non-hydrogen) atoms. The molecule has 2 aliphatic rings. The molecule has 88 valence electrons. The number of hydrogen-bond acceptors (Lipinski definition) is 2. The summed E-state index contributed by atoms with van der Waals surface area (Å²) in [6.07, 6.45) is 2.35. The van der Waals surface area contributed by atoms with Gasteiger partial charge < -0.3 is 9.53 Å². The zero-order chi connectivity index (χ0) is 11.4. The van der Waals surface area contributed by atoms with Gasteiger partial charge in [-0.1, -0.05) is 20.8 Å². The second kappa shape index (κ2) is 3.31. The molecule has 0 saturated heterocycles. The number of hydrogen-bond donors (Lipinski definition) is 1. The van der Waals surface area contributed by atoms with Gasteiger partial charge in [0.25, 0.3) is 0 Å². The van der Waals surface area contributed by atoms with Crippen LogP contribution in [0.4, 0.5) is 0 Å². The van der Waals surface area contributed by atoms with Crippen LogP contribution >= 0.6 is 0 Å². The van der Waals surface area contributed by atoms with Crippen LogP contribution in [0.5, 0.6) is 0 Å². The Hall–Kier alpha value is 0.137. The molecule has 2 aliphatic carbocycles. The minimum Gasteiger partial charge on any atom is -0.414 e. The molecule has 0 amide bonds. The van der Waals surface area contributed by atoms with Crippen molar-refractivity contribution in [2.24, 2.45) is 11.8 Å². The summed E-state index contributed by atoms with van der Waals surface area (Å²) in [5.74, 6) is 1.24. The van der Waals surface area contributed by atoms with Gasteiger partial charge in [0, 0.05) is 0 Å². The Labute approximate surface area is 94.2 Å². The first kappa shape index (κ1) is 11.6. The van der Waals surface area contributed by atoms with E-state index in [1.165, 1.54) is 6.42 Å². The summed E-state index contributed by atoms with van der Waals surface area (Å²) in [6, 6.07) is 0. The lowest BCUT2D eigenvalue weighted by molar-refractivity contribution is 0.111. The smallest absolute Gasteiger partial charge is 0.192 e. The third-order valence-corrected chi connectivity index (χ3v) is 9.09. The van der Waals surface area contributed by atoms with Crippen LogP contribution in [0.25, 0.3) is 0 Å². The van der Waals surface area contributed by atoms with Crippen LogP contribution in [0.2, 0.25) is 18.1 Å². The van der Waals surface area contributed by atoms with Gasteiger partial charge in [0.2, 0.25) is 0 Å². The van der Waals surface area contributed by atoms with E-state index < -0.39 is 8.32 Å². The van der Waals surface area contributed by atoms with E-state index in [0.29, 0.717) is 17.9 Å². The van der Waals surface area contributed by atoms with Gasteiger partial charge in [-0.05, 0) is 42.8 Å². The van der Waals surface area contributed by atoms with Gasteiger partial charge in [-0.2, -0.15) is 0 Å². The minimum absolute atomic E-state index is 0.0789. The summed E-state index contributed by atoms with van der Waals surface area (Å²) in [5.41, 5.74) is 0. The Morgan fingerprint density at radius 2 is 1.73 bits per heavy atom. The highest BCUT2D eigenvalue weighted by molar-refractivity contribution is 6.74. The molecule has 0 aromatic heterocycles. The first-order valence-electron chi connectivity index (χ1n) is 6.08. The predicted molar refractivity (Wildman–Crippen MR) is 64.3 cm³/mol. The van der Waals surface area contributed by atoms with E-state index in [2.05, 4.69) is 33.9 Å². The molecule has 0 bridgehead atoms. The van der Waals surface area contributed by atoms with E-state index in [1.54, 1.807) is 0 Å². The molecule has 2 rings (SSSR count). The maximum absolute atomic E-state index is 9.74. The van der Waals surface area contributed by atoms with Gasteiger partial charge in [-0.3, -0.25) is 0 Å². The van der Waals surface area contributed by atoms with E-state index in [1.807, 2.05) is 0 Å². The van der Waals surface area contributed by atoms with Crippen molar-refractivity contribution < 1.29 is 9.53 Å². The number of fused-ring (bicyclic) bond motifs is 1. The average Bonchev–Trinajstić information content (AvgIpc) is 2.73. The van der Waals surface area contributed by atoms with Crippen LogP contribution in [0, 0.1) is 11.8 Å². The Bertz CT molecular complexity index is 257. The van der Waals surface area contributed by atoms with E-state index in [0.717, 1.165) is 6.42 Å². The van der Waals surface area contributed by atoms with Crippen molar-refractivity contribution >= 4 is 8.32 Å². The maximum atomic E-state index is 9.74. The molecule has 3 heteroatoms. The summed E-state index contributed by atoms with van der Waals surface area (Å²) in [6.45, 7) is 11.4. The largest absolute Gasteiger partial charge is 0.414 e. The van der Waals surface area contributed by atoms with Crippen LogP contribution in [0.3, 0.4) is 0 Å². The minimum atomic E-state index is -1.63. The molecule has 0 radical (unpaired) electrons.